The van der Waals surface area contributed by atoms with Gasteiger partial charge in [-0.05, 0) is 30.9 Å². The van der Waals surface area contributed by atoms with Gasteiger partial charge in [-0.25, -0.2) is 4.68 Å². The van der Waals surface area contributed by atoms with Crippen LogP contribution in [0.2, 0.25) is 0 Å². The van der Waals surface area contributed by atoms with Gasteiger partial charge in [0.25, 0.3) is 0 Å². The maximum absolute atomic E-state index is 11.9. The van der Waals surface area contributed by atoms with Crippen LogP contribution in [0.5, 0.6) is 0 Å². The summed E-state index contributed by atoms with van der Waals surface area (Å²) in [5.74, 6) is 0.988. The first-order valence-corrected chi connectivity index (χ1v) is 10.4. The van der Waals surface area contributed by atoms with E-state index in [-0.39, 0.29) is 41.8 Å². The molecule has 0 amide bonds. The van der Waals surface area contributed by atoms with E-state index in [2.05, 4.69) is 26.4 Å². The zero-order chi connectivity index (χ0) is 22.4. The normalized spacial score (nSPS) is 18.1. The first-order valence-electron chi connectivity index (χ1n) is 10.4. The van der Waals surface area contributed by atoms with Crippen molar-refractivity contribution in [1.29, 1.82) is 5.26 Å². The van der Waals surface area contributed by atoms with Crippen LogP contribution in [0, 0.1) is 23.2 Å². The molecule has 172 valence electrons. The molecule has 1 aliphatic heterocycles. The van der Waals surface area contributed by atoms with Crippen LogP contribution in [-0.4, -0.2) is 60.4 Å². The minimum absolute atomic E-state index is 0. The Hall–Kier alpha value is -2.81. The third-order valence-electron chi connectivity index (χ3n) is 5.61. The molecule has 0 saturated carbocycles. The summed E-state index contributed by atoms with van der Waals surface area (Å²) in [5.41, 5.74) is 8.09. The lowest BCUT2D eigenvalue weighted by molar-refractivity contribution is -0.145. The summed E-state index contributed by atoms with van der Waals surface area (Å²) in [7, 11) is 3.15. The lowest BCUT2D eigenvalue weighted by Crippen LogP contribution is -2.41. The highest BCUT2D eigenvalue weighted by Crippen LogP contribution is 2.24. The number of nitrogens with two attached hydrogens (primary N) is 1. The summed E-state index contributed by atoms with van der Waals surface area (Å²) < 4.78 is 6.52. The number of likely N-dealkylation sites (tertiary alicyclic amines) is 1. The molecule has 3 N–H and O–H groups in total. The van der Waals surface area contributed by atoms with Crippen molar-refractivity contribution in [3.05, 3.63) is 41.6 Å². The van der Waals surface area contributed by atoms with E-state index in [1.54, 1.807) is 11.7 Å². The number of methoxy groups -OCH3 is 1. The van der Waals surface area contributed by atoms with Crippen molar-refractivity contribution in [2.45, 2.75) is 19.8 Å². The van der Waals surface area contributed by atoms with Gasteiger partial charge in [0.2, 0.25) is 0 Å². The van der Waals surface area contributed by atoms with Gasteiger partial charge in [0, 0.05) is 26.7 Å². The Kier molecular flexibility index (Phi) is 9.31. The summed E-state index contributed by atoms with van der Waals surface area (Å²) in [5, 5.41) is 17.4. The molecule has 1 aliphatic rings. The molecule has 10 heteroatoms. The number of aliphatic imine (C=N–C) groups is 1. The van der Waals surface area contributed by atoms with Crippen molar-refractivity contribution < 1.29 is 9.53 Å². The third kappa shape index (κ3) is 5.51. The minimum Gasteiger partial charge on any atom is -0.469 e. The number of ether oxygens (including phenoxy) is 1. The number of nitriles is 1. The van der Waals surface area contributed by atoms with Crippen molar-refractivity contribution in [1.82, 2.24) is 20.0 Å². The summed E-state index contributed by atoms with van der Waals surface area (Å²) in [6, 6.07) is 11.7. The molecule has 2 unspecified atom stereocenters. The summed E-state index contributed by atoms with van der Waals surface area (Å²) in [4.78, 5) is 18.4. The highest BCUT2D eigenvalue weighted by atomic mass is 127. The number of nitrogens with one attached hydrogen (secondary N) is 1. The smallest absolute Gasteiger partial charge is 0.310 e. The Morgan fingerprint density at radius 1 is 1.38 bits per heavy atom. The third-order valence-corrected chi connectivity index (χ3v) is 5.61. The van der Waals surface area contributed by atoms with Crippen molar-refractivity contribution >= 4 is 41.7 Å². The van der Waals surface area contributed by atoms with Crippen LogP contribution in [0.25, 0.3) is 5.69 Å². The van der Waals surface area contributed by atoms with E-state index in [9.17, 15) is 10.1 Å². The molecular weight excluding hydrogens is 521 g/mol. The molecule has 2 aromatic rings. The molecule has 2 atom stereocenters. The average Bonchev–Trinajstić information content (AvgIpc) is 3.33. The number of rotatable bonds is 6. The summed E-state index contributed by atoms with van der Waals surface area (Å²) in [6.45, 7) is 4.04. The van der Waals surface area contributed by atoms with E-state index in [0.717, 1.165) is 24.6 Å². The Balaban J connectivity index is 0.00000363. The Bertz CT molecular complexity index is 984. The lowest BCUT2D eigenvalue weighted by atomic mass is 9.99. The standard InChI is InChI=1S/C22H29N7O2.HI/c1-15-13-28(14-18(15)21(30)31-3)22(25-2)26-11-7-10-19-17(12-23)20(24)29(27-19)16-8-5-4-6-9-16;/h4-6,8-9,15,18H,7,10-11,13-14,24H2,1-3H3,(H,25,26);1H. The number of halogens is 1. The van der Waals surface area contributed by atoms with Gasteiger partial charge in [0.05, 0.1) is 24.4 Å². The lowest BCUT2D eigenvalue weighted by Gasteiger charge is -2.21. The molecule has 0 aliphatic carbocycles. The molecule has 1 aromatic heterocycles. The maximum atomic E-state index is 11.9. The van der Waals surface area contributed by atoms with Crippen LogP contribution in [0.15, 0.2) is 35.3 Å². The monoisotopic (exact) mass is 551 g/mol. The van der Waals surface area contributed by atoms with Crippen LogP contribution in [0.3, 0.4) is 0 Å². The van der Waals surface area contributed by atoms with Crippen LogP contribution >= 0.6 is 24.0 Å². The number of para-hydroxylation sites is 1. The number of aryl methyl sites for hydroxylation is 1. The van der Waals surface area contributed by atoms with Gasteiger partial charge in [-0.15, -0.1) is 24.0 Å². The second-order valence-corrected chi connectivity index (χ2v) is 7.66. The molecule has 32 heavy (non-hydrogen) atoms. The van der Waals surface area contributed by atoms with E-state index >= 15 is 0 Å². The first-order chi connectivity index (χ1) is 15.0. The quantitative estimate of drug-likeness (QED) is 0.186. The van der Waals surface area contributed by atoms with Gasteiger partial charge in [0.15, 0.2) is 5.96 Å². The number of aromatic nitrogens is 2. The SMILES string of the molecule is CN=C(NCCCc1nn(-c2ccccc2)c(N)c1C#N)N1CC(C)C(C(=O)OC)C1.I. The van der Waals surface area contributed by atoms with Gasteiger partial charge < -0.3 is 20.7 Å². The van der Waals surface area contributed by atoms with Crippen molar-refractivity contribution in [3.63, 3.8) is 0 Å². The van der Waals surface area contributed by atoms with Crippen molar-refractivity contribution in [2.24, 2.45) is 16.8 Å². The van der Waals surface area contributed by atoms with Crippen molar-refractivity contribution in [2.75, 3.05) is 39.5 Å². The second-order valence-electron chi connectivity index (χ2n) is 7.66. The number of benzene rings is 1. The van der Waals surface area contributed by atoms with E-state index in [1.807, 2.05) is 37.3 Å². The molecular formula is C22H30IN7O2. The van der Waals surface area contributed by atoms with E-state index < -0.39 is 0 Å². The van der Waals surface area contributed by atoms with Crippen LogP contribution in [-0.2, 0) is 16.0 Å². The number of carbonyl (C=O) groups excluding carboxylic acids is 1. The Labute approximate surface area is 205 Å². The predicted molar refractivity (Wildman–Crippen MR) is 134 cm³/mol. The number of anilines is 1. The topological polar surface area (TPSA) is 122 Å². The van der Waals surface area contributed by atoms with Gasteiger partial charge in [-0.3, -0.25) is 9.79 Å². The highest BCUT2D eigenvalue weighted by molar-refractivity contribution is 14.0. The van der Waals surface area contributed by atoms with E-state index in [4.69, 9.17) is 10.5 Å². The van der Waals surface area contributed by atoms with Crippen LogP contribution in [0.4, 0.5) is 5.82 Å². The zero-order valence-corrected chi connectivity index (χ0v) is 20.9. The zero-order valence-electron chi connectivity index (χ0n) is 18.6. The van der Waals surface area contributed by atoms with E-state index in [0.29, 0.717) is 36.6 Å². The fraction of sp³-hybridized carbons (Fsp3) is 0.455. The first kappa shape index (κ1) is 25.5. The fourth-order valence-electron chi connectivity index (χ4n) is 3.93. The fourth-order valence-corrected chi connectivity index (χ4v) is 3.93. The Morgan fingerprint density at radius 3 is 2.72 bits per heavy atom. The molecule has 1 saturated heterocycles. The summed E-state index contributed by atoms with van der Waals surface area (Å²) in [6.07, 6.45) is 1.36. The number of carbonyl (C=O) groups is 1. The van der Waals surface area contributed by atoms with Gasteiger partial charge in [0.1, 0.15) is 17.5 Å². The van der Waals surface area contributed by atoms with Crippen LogP contribution in [0.1, 0.15) is 24.6 Å². The number of esters is 1. The Morgan fingerprint density at radius 2 is 2.09 bits per heavy atom. The van der Waals surface area contributed by atoms with E-state index in [1.165, 1.54) is 7.11 Å². The number of hydrogen-bond acceptors (Lipinski definition) is 6. The second kappa shape index (κ2) is 11.7. The predicted octanol–water partition coefficient (Wildman–Crippen LogP) is 2.19. The molecule has 9 nitrogen and oxygen atoms in total. The van der Waals surface area contributed by atoms with Crippen molar-refractivity contribution in [3.8, 4) is 11.8 Å². The number of nitrogen functional groups attached to an aromatic ring is 1. The molecule has 1 aromatic carbocycles. The largest absolute Gasteiger partial charge is 0.469 e. The minimum atomic E-state index is -0.180. The molecule has 0 spiro atoms. The van der Waals surface area contributed by atoms with Gasteiger partial charge in [-0.1, -0.05) is 25.1 Å². The molecule has 3 rings (SSSR count). The number of guanidine groups is 1. The summed E-state index contributed by atoms with van der Waals surface area (Å²) >= 11 is 0. The van der Waals surface area contributed by atoms with Gasteiger partial charge in [-0.2, -0.15) is 10.4 Å². The number of nitrogens with zero attached hydrogens (tertiary/aromatic N) is 5. The molecule has 0 radical (unpaired) electrons. The van der Waals surface area contributed by atoms with Gasteiger partial charge >= 0.3 is 5.97 Å². The number of hydrogen-bond donors (Lipinski definition) is 2. The average molecular weight is 551 g/mol. The maximum Gasteiger partial charge on any atom is 0.310 e. The molecule has 2 heterocycles. The molecule has 0 bridgehead atoms. The van der Waals surface area contributed by atoms with Crippen LogP contribution < -0.4 is 11.1 Å². The molecule has 1 fully saturated rings. The highest BCUT2D eigenvalue weighted by Gasteiger charge is 2.36.